The third-order valence-corrected chi connectivity index (χ3v) is 6.21. The number of rotatable bonds is 6. The summed E-state index contributed by atoms with van der Waals surface area (Å²) in [6, 6.07) is 13.5. The molecule has 1 N–H and O–H groups in total. The van der Waals surface area contributed by atoms with E-state index in [9.17, 15) is 18.4 Å². The van der Waals surface area contributed by atoms with Crippen molar-refractivity contribution < 1.29 is 18.4 Å². The fourth-order valence-electron chi connectivity index (χ4n) is 4.41. The van der Waals surface area contributed by atoms with Crippen LogP contribution < -0.4 is 10.2 Å². The van der Waals surface area contributed by atoms with E-state index in [2.05, 4.69) is 10.4 Å². The number of anilines is 1. The van der Waals surface area contributed by atoms with Crippen molar-refractivity contribution in [2.75, 3.05) is 4.90 Å². The Morgan fingerprint density at radius 1 is 1.19 bits per heavy atom. The van der Waals surface area contributed by atoms with E-state index in [1.165, 1.54) is 12.8 Å². The maximum absolute atomic E-state index is 13.6. The molecule has 2 aromatic carbocycles. The van der Waals surface area contributed by atoms with Crippen LogP contribution in [0.25, 0.3) is 10.9 Å². The molecule has 2 heterocycles. The van der Waals surface area contributed by atoms with Crippen molar-refractivity contribution in [3.05, 3.63) is 60.3 Å². The number of benzene rings is 2. The SMILES string of the molecule is CC(F)(F)C(=O)N[C@H]1CC(=O)N(c2ccc3c(cnn3CC3CC3)c2)[C@@H]1c1ccccc1. The van der Waals surface area contributed by atoms with Crippen molar-refractivity contribution >= 4 is 28.4 Å². The zero-order valence-electron chi connectivity index (χ0n) is 17.7. The van der Waals surface area contributed by atoms with Crippen LogP contribution in [-0.4, -0.2) is 33.6 Å². The number of alkyl halides is 2. The van der Waals surface area contributed by atoms with E-state index in [0.29, 0.717) is 18.5 Å². The van der Waals surface area contributed by atoms with Crippen molar-refractivity contribution in [2.24, 2.45) is 5.92 Å². The Morgan fingerprint density at radius 2 is 1.94 bits per heavy atom. The predicted molar refractivity (Wildman–Crippen MR) is 116 cm³/mol. The number of nitrogens with zero attached hydrogens (tertiary/aromatic N) is 3. The number of halogens is 2. The second-order valence-electron chi connectivity index (χ2n) is 8.80. The van der Waals surface area contributed by atoms with Gasteiger partial charge in [-0.2, -0.15) is 13.9 Å². The molecule has 6 nitrogen and oxygen atoms in total. The van der Waals surface area contributed by atoms with E-state index in [1.807, 2.05) is 53.2 Å². The van der Waals surface area contributed by atoms with Crippen LogP contribution in [0.1, 0.15) is 37.8 Å². The van der Waals surface area contributed by atoms with Gasteiger partial charge in [0.1, 0.15) is 0 Å². The summed E-state index contributed by atoms with van der Waals surface area (Å²) >= 11 is 0. The van der Waals surface area contributed by atoms with Crippen molar-refractivity contribution in [2.45, 2.75) is 50.7 Å². The Morgan fingerprint density at radius 3 is 2.62 bits per heavy atom. The van der Waals surface area contributed by atoms with Gasteiger partial charge in [0.2, 0.25) is 5.91 Å². The molecule has 0 unspecified atom stereocenters. The van der Waals surface area contributed by atoms with E-state index in [-0.39, 0.29) is 12.3 Å². The molecular formula is C24H24F2N4O2. The highest BCUT2D eigenvalue weighted by Crippen LogP contribution is 2.39. The first-order chi connectivity index (χ1) is 15.3. The van der Waals surface area contributed by atoms with Gasteiger partial charge < -0.3 is 10.2 Å². The van der Waals surface area contributed by atoms with Gasteiger partial charge >= 0.3 is 5.92 Å². The smallest absolute Gasteiger partial charge is 0.321 e. The zero-order chi connectivity index (χ0) is 22.5. The monoisotopic (exact) mass is 438 g/mol. The first-order valence-electron chi connectivity index (χ1n) is 10.8. The average Bonchev–Trinajstić information content (AvgIpc) is 3.40. The summed E-state index contributed by atoms with van der Waals surface area (Å²) in [7, 11) is 0. The second kappa shape index (κ2) is 7.69. The van der Waals surface area contributed by atoms with Crippen LogP contribution in [0.15, 0.2) is 54.7 Å². The Hall–Kier alpha value is -3.29. The van der Waals surface area contributed by atoms with Gasteiger partial charge in [0.25, 0.3) is 5.91 Å². The molecule has 32 heavy (non-hydrogen) atoms. The molecule has 8 heteroatoms. The van der Waals surface area contributed by atoms with Gasteiger partial charge in [0.05, 0.1) is 23.8 Å². The fourth-order valence-corrected chi connectivity index (χ4v) is 4.41. The molecular weight excluding hydrogens is 414 g/mol. The second-order valence-corrected chi connectivity index (χ2v) is 8.80. The molecule has 1 saturated carbocycles. The molecule has 2 fully saturated rings. The van der Waals surface area contributed by atoms with Gasteiger partial charge in [0, 0.05) is 31.0 Å². The summed E-state index contributed by atoms with van der Waals surface area (Å²) < 4.78 is 29.1. The molecule has 166 valence electrons. The lowest BCUT2D eigenvalue weighted by Gasteiger charge is -2.29. The maximum atomic E-state index is 13.6. The number of hydrogen-bond donors (Lipinski definition) is 1. The number of aromatic nitrogens is 2. The van der Waals surface area contributed by atoms with Crippen molar-refractivity contribution in [1.82, 2.24) is 15.1 Å². The van der Waals surface area contributed by atoms with Crippen LogP contribution in [0, 0.1) is 5.92 Å². The highest BCUT2D eigenvalue weighted by molar-refractivity contribution is 6.00. The molecule has 5 rings (SSSR count). The van der Waals surface area contributed by atoms with Crippen LogP contribution in [0.4, 0.5) is 14.5 Å². The van der Waals surface area contributed by atoms with Gasteiger partial charge in [-0.1, -0.05) is 30.3 Å². The topological polar surface area (TPSA) is 67.2 Å². The molecule has 1 aliphatic heterocycles. The van der Waals surface area contributed by atoms with E-state index in [4.69, 9.17) is 0 Å². The van der Waals surface area contributed by atoms with Gasteiger partial charge in [-0.3, -0.25) is 14.3 Å². The number of amides is 2. The normalized spacial score (nSPS) is 21.3. The standard InChI is InChI=1S/C24H24F2N4O2/c1-24(25,26)23(32)28-19-12-21(31)30(22(19)16-5-3-2-4-6-16)18-9-10-20-17(11-18)13-27-29(20)14-15-7-8-15/h2-6,9-11,13,15,19,22H,7-8,12,14H2,1H3,(H,28,32)/t19-,22+/m0/s1. The molecule has 2 amide bonds. The zero-order valence-corrected chi connectivity index (χ0v) is 17.7. The van der Waals surface area contributed by atoms with Crippen LogP contribution in [0.5, 0.6) is 0 Å². The fraction of sp³-hybridized carbons (Fsp3) is 0.375. The van der Waals surface area contributed by atoms with Gasteiger partial charge in [0.15, 0.2) is 0 Å². The molecule has 2 atom stereocenters. The molecule has 2 aliphatic rings. The van der Waals surface area contributed by atoms with Crippen LogP contribution >= 0.6 is 0 Å². The highest BCUT2D eigenvalue weighted by atomic mass is 19.3. The molecule has 1 saturated heterocycles. The van der Waals surface area contributed by atoms with E-state index >= 15 is 0 Å². The summed E-state index contributed by atoms with van der Waals surface area (Å²) in [4.78, 5) is 26.7. The average molecular weight is 438 g/mol. The minimum Gasteiger partial charge on any atom is -0.345 e. The van der Waals surface area contributed by atoms with E-state index < -0.39 is 23.9 Å². The van der Waals surface area contributed by atoms with Crippen LogP contribution in [-0.2, 0) is 16.1 Å². The number of carbonyl (C=O) groups is 2. The Labute approximate surface area is 184 Å². The van der Waals surface area contributed by atoms with Crippen molar-refractivity contribution in [3.8, 4) is 0 Å². The lowest BCUT2D eigenvalue weighted by atomic mass is 9.99. The molecule has 0 bridgehead atoms. The lowest BCUT2D eigenvalue weighted by Crippen LogP contribution is -2.46. The number of carbonyl (C=O) groups excluding carboxylic acids is 2. The largest absolute Gasteiger partial charge is 0.345 e. The molecule has 1 aliphatic carbocycles. The Bertz CT molecular complexity index is 1170. The Balaban J connectivity index is 1.50. The minimum atomic E-state index is -3.52. The number of hydrogen-bond acceptors (Lipinski definition) is 3. The number of nitrogens with one attached hydrogen (secondary N) is 1. The summed E-state index contributed by atoms with van der Waals surface area (Å²) in [5, 5.41) is 7.81. The van der Waals surface area contributed by atoms with E-state index in [1.54, 1.807) is 11.1 Å². The first-order valence-corrected chi connectivity index (χ1v) is 10.8. The third kappa shape index (κ3) is 3.85. The summed E-state index contributed by atoms with van der Waals surface area (Å²) in [6.07, 6.45) is 4.19. The van der Waals surface area contributed by atoms with Gasteiger partial charge in [-0.15, -0.1) is 0 Å². The maximum Gasteiger partial charge on any atom is 0.321 e. The Kier molecular flexibility index (Phi) is 4.95. The van der Waals surface area contributed by atoms with Gasteiger partial charge in [-0.25, -0.2) is 0 Å². The summed E-state index contributed by atoms with van der Waals surface area (Å²) in [5.74, 6) is -4.45. The molecule has 0 radical (unpaired) electrons. The third-order valence-electron chi connectivity index (χ3n) is 6.21. The quantitative estimate of drug-likeness (QED) is 0.631. The van der Waals surface area contributed by atoms with E-state index in [0.717, 1.165) is 23.0 Å². The minimum absolute atomic E-state index is 0.0552. The summed E-state index contributed by atoms with van der Waals surface area (Å²) in [5.41, 5.74) is 2.42. The van der Waals surface area contributed by atoms with Gasteiger partial charge in [-0.05, 0) is 42.5 Å². The number of fused-ring (bicyclic) bond motifs is 1. The van der Waals surface area contributed by atoms with Crippen molar-refractivity contribution in [3.63, 3.8) is 0 Å². The lowest BCUT2D eigenvalue weighted by molar-refractivity contribution is -0.143. The van der Waals surface area contributed by atoms with Crippen LogP contribution in [0.3, 0.4) is 0 Å². The predicted octanol–water partition coefficient (Wildman–Crippen LogP) is 4.06. The van der Waals surface area contributed by atoms with Crippen molar-refractivity contribution in [1.29, 1.82) is 0 Å². The van der Waals surface area contributed by atoms with Crippen LogP contribution in [0.2, 0.25) is 0 Å². The highest BCUT2D eigenvalue weighted by Gasteiger charge is 2.45. The molecule has 1 aromatic heterocycles. The summed E-state index contributed by atoms with van der Waals surface area (Å²) in [6.45, 7) is 1.44. The molecule has 0 spiro atoms. The molecule has 3 aromatic rings. The first kappa shape index (κ1) is 20.6.